The van der Waals surface area contributed by atoms with Gasteiger partial charge in [-0.05, 0) is 38.0 Å². The quantitative estimate of drug-likeness (QED) is 0.903. The number of hydrogen-bond acceptors (Lipinski definition) is 3. The van der Waals surface area contributed by atoms with Gasteiger partial charge in [-0.25, -0.2) is 0 Å². The lowest BCUT2D eigenvalue weighted by atomic mass is 9.80. The van der Waals surface area contributed by atoms with E-state index in [-0.39, 0.29) is 0 Å². The highest BCUT2D eigenvalue weighted by molar-refractivity contribution is 6.32. The lowest BCUT2D eigenvalue weighted by molar-refractivity contribution is -0.149. The van der Waals surface area contributed by atoms with Crippen LogP contribution in [0.15, 0.2) is 18.2 Å². The zero-order chi connectivity index (χ0) is 14.0. The Kier molecular flexibility index (Phi) is 3.68. The summed E-state index contributed by atoms with van der Waals surface area (Å²) in [6.45, 7) is 3.16. The molecule has 0 unspecified atom stereocenters. The van der Waals surface area contributed by atoms with Gasteiger partial charge in [0.2, 0.25) is 0 Å². The third kappa shape index (κ3) is 2.66. The molecule has 0 radical (unpaired) electrons. The van der Waals surface area contributed by atoms with Crippen LogP contribution in [-0.2, 0) is 4.79 Å². The minimum Gasteiger partial charge on any atom is -0.481 e. The van der Waals surface area contributed by atoms with Gasteiger partial charge < -0.3 is 10.0 Å². The molecule has 0 spiro atoms. The van der Waals surface area contributed by atoms with Gasteiger partial charge in [-0.3, -0.25) is 4.79 Å². The van der Waals surface area contributed by atoms with Crippen molar-refractivity contribution in [1.29, 1.82) is 5.26 Å². The summed E-state index contributed by atoms with van der Waals surface area (Å²) in [4.78, 5) is 13.3. The first-order valence-corrected chi connectivity index (χ1v) is 6.52. The predicted octanol–water partition coefficient (Wildman–Crippen LogP) is 2.90. The highest BCUT2D eigenvalue weighted by Crippen LogP contribution is 2.34. The lowest BCUT2D eigenvalue weighted by Gasteiger charge is -2.37. The molecule has 1 aromatic rings. The molecule has 2 rings (SSSR count). The number of nitriles is 1. The van der Waals surface area contributed by atoms with Crippen LogP contribution in [0.25, 0.3) is 0 Å². The summed E-state index contributed by atoms with van der Waals surface area (Å²) >= 11 is 6.01. The Bertz CT molecular complexity index is 543. The first-order valence-electron chi connectivity index (χ1n) is 6.14. The lowest BCUT2D eigenvalue weighted by Crippen LogP contribution is -2.42. The van der Waals surface area contributed by atoms with E-state index in [9.17, 15) is 9.90 Å². The van der Waals surface area contributed by atoms with Gasteiger partial charge in [0.1, 0.15) is 6.07 Å². The number of carboxylic acids is 1. The Morgan fingerprint density at radius 1 is 1.47 bits per heavy atom. The fourth-order valence-electron chi connectivity index (χ4n) is 2.26. The summed E-state index contributed by atoms with van der Waals surface area (Å²) in [5.41, 5.74) is 0.765. The molecule has 1 aliphatic heterocycles. The van der Waals surface area contributed by atoms with E-state index in [1.54, 1.807) is 19.1 Å². The molecule has 0 amide bonds. The van der Waals surface area contributed by atoms with Gasteiger partial charge in [-0.15, -0.1) is 0 Å². The van der Waals surface area contributed by atoms with Gasteiger partial charge >= 0.3 is 5.97 Å². The van der Waals surface area contributed by atoms with Crippen LogP contribution in [0.5, 0.6) is 0 Å². The zero-order valence-corrected chi connectivity index (χ0v) is 11.4. The number of rotatable bonds is 2. The van der Waals surface area contributed by atoms with Crippen molar-refractivity contribution in [2.24, 2.45) is 5.41 Å². The minimum atomic E-state index is -0.731. The summed E-state index contributed by atoms with van der Waals surface area (Å²) in [5, 5.41) is 18.5. The molecule has 0 bridgehead atoms. The third-order valence-electron chi connectivity index (χ3n) is 3.82. The van der Waals surface area contributed by atoms with Gasteiger partial charge in [0.05, 0.1) is 16.0 Å². The van der Waals surface area contributed by atoms with Crippen LogP contribution in [0.1, 0.15) is 25.3 Å². The summed E-state index contributed by atoms with van der Waals surface area (Å²) in [5.74, 6) is -0.731. The second-order valence-corrected chi connectivity index (χ2v) is 5.54. The van der Waals surface area contributed by atoms with Crippen LogP contribution in [0, 0.1) is 16.7 Å². The molecule has 19 heavy (non-hydrogen) atoms. The number of benzene rings is 1. The maximum Gasteiger partial charge on any atom is 0.309 e. The molecule has 5 heteroatoms. The van der Waals surface area contributed by atoms with Gasteiger partial charge in [0.15, 0.2) is 0 Å². The number of nitrogens with zero attached hydrogens (tertiary/aromatic N) is 2. The van der Waals surface area contributed by atoms with E-state index in [0.717, 1.165) is 5.69 Å². The Labute approximate surface area is 117 Å². The van der Waals surface area contributed by atoms with E-state index in [4.69, 9.17) is 16.9 Å². The molecule has 1 N–H and O–H groups in total. The Morgan fingerprint density at radius 3 is 2.58 bits per heavy atom. The molecule has 0 aliphatic carbocycles. The molecular formula is C14H15ClN2O2. The Hall–Kier alpha value is -1.73. The van der Waals surface area contributed by atoms with Crippen LogP contribution < -0.4 is 4.90 Å². The van der Waals surface area contributed by atoms with Crippen molar-refractivity contribution < 1.29 is 9.90 Å². The standard InChI is InChI=1S/C14H15ClN2O2/c1-14(13(18)19)4-6-17(7-5-14)11-3-2-10(9-16)12(15)8-11/h2-3,8H,4-7H2,1H3,(H,18,19). The molecule has 1 heterocycles. The largest absolute Gasteiger partial charge is 0.481 e. The monoisotopic (exact) mass is 278 g/mol. The number of carboxylic acid groups (broad SMARTS) is 1. The first-order chi connectivity index (χ1) is 8.96. The number of halogens is 1. The van der Waals surface area contributed by atoms with Crippen molar-refractivity contribution in [3.8, 4) is 6.07 Å². The SMILES string of the molecule is CC1(C(=O)O)CCN(c2ccc(C#N)c(Cl)c2)CC1. The van der Waals surface area contributed by atoms with Crippen molar-refractivity contribution in [3.63, 3.8) is 0 Å². The predicted molar refractivity (Wildman–Crippen MR) is 73.4 cm³/mol. The third-order valence-corrected chi connectivity index (χ3v) is 4.13. The van der Waals surface area contributed by atoms with Gasteiger partial charge in [0.25, 0.3) is 0 Å². The molecule has 4 nitrogen and oxygen atoms in total. The molecule has 1 saturated heterocycles. The van der Waals surface area contributed by atoms with Crippen molar-refractivity contribution in [2.75, 3.05) is 18.0 Å². The van der Waals surface area contributed by atoms with Crippen LogP contribution in [0.4, 0.5) is 5.69 Å². The van der Waals surface area contributed by atoms with Gasteiger partial charge in [0, 0.05) is 18.8 Å². The molecule has 1 aliphatic rings. The van der Waals surface area contributed by atoms with Crippen molar-refractivity contribution in [2.45, 2.75) is 19.8 Å². The maximum atomic E-state index is 11.2. The fourth-order valence-corrected chi connectivity index (χ4v) is 2.48. The first kappa shape index (κ1) is 13.7. The summed E-state index contributed by atoms with van der Waals surface area (Å²) < 4.78 is 0. The van der Waals surface area contributed by atoms with Gasteiger partial charge in [-0.1, -0.05) is 11.6 Å². The van der Waals surface area contributed by atoms with Crippen molar-refractivity contribution in [1.82, 2.24) is 0 Å². The second-order valence-electron chi connectivity index (χ2n) is 5.13. The highest BCUT2D eigenvalue weighted by atomic mass is 35.5. The molecule has 1 aromatic carbocycles. The van der Waals surface area contributed by atoms with E-state index in [0.29, 0.717) is 36.5 Å². The maximum absolute atomic E-state index is 11.2. The van der Waals surface area contributed by atoms with Crippen molar-refractivity contribution in [3.05, 3.63) is 28.8 Å². The number of carbonyl (C=O) groups is 1. The molecule has 100 valence electrons. The van der Waals surface area contributed by atoms with Crippen LogP contribution >= 0.6 is 11.6 Å². The molecule has 0 aromatic heterocycles. The Morgan fingerprint density at radius 2 is 2.11 bits per heavy atom. The average molecular weight is 279 g/mol. The van der Waals surface area contributed by atoms with Crippen LogP contribution in [0.3, 0.4) is 0 Å². The van der Waals surface area contributed by atoms with Crippen molar-refractivity contribution >= 4 is 23.3 Å². The molecule has 0 saturated carbocycles. The summed E-state index contributed by atoms with van der Waals surface area (Å²) in [7, 11) is 0. The van der Waals surface area contributed by atoms with Crippen LogP contribution in [0.2, 0.25) is 5.02 Å². The smallest absolute Gasteiger partial charge is 0.309 e. The van der Waals surface area contributed by atoms with E-state index < -0.39 is 11.4 Å². The molecular weight excluding hydrogens is 264 g/mol. The zero-order valence-electron chi connectivity index (χ0n) is 10.7. The van der Waals surface area contributed by atoms with E-state index in [2.05, 4.69) is 4.90 Å². The van der Waals surface area contributed by atoms with E-state index in [1.807, 2.05) is 12.1 Å². The topological polar surface area (TPSA) is 64.3 Å². The summed E-state index contributed by atoms with van der Waals surface area (Å²) in [6.07, 6.45) is 1.22. The molecule has 0 atom stereocenters. The fraction of sp³-hybridized carbons (Fsp3) is 0.429. The highest BCUT2D eigenvalue weighted by Gasteiger charge is 2.36. The molecule has 1 fully saturated rings. The number of anilines is 1. The van der Waals surface area contributed by atoms with E-state index >= 15 is 0 Å². The number of piperidine rings is 1. The van der Waals surface area contributed by atoms with E-state index in [1.165, 1.54) is 0 Å². The van der Waals surface area contributed by atoms with Gasteiger partial charge in [-0.2, -0.15) is 5.26 Å². The summed E-state index contributed by atoms with van der Waals surface area (Å²) in [6, 6.07) is 7.34. The average Bonchev–Trinajstić information content (AvgIpc) is 2.39. The minimum absolute atomic E-state index is 0.437. The number of hydrogen-bond donors (Lipinski definition) is 1. The second kappa shape index (κ2) is 5.10. The normalized spacial score (nSPS) is 17.8. The van der Waals surface area contributed by atoms with Crippen LogP contribution in [-0.4, -0.2) is 24.2 Å². The Balaban J connectivity index is 2.12. The number of aliphatic carboxylic acids is 1.